The van der Waals surface area contributed by atoms with Crippen molar-refractivity contribution in [2.75, 3.05) is 19.5 Å². The third-order valence-electron chi connectivity index (χ3n) is 3.85. The molecule has 3 aromatic rings. The number of hydrogen-bond acceptors (Lipinski definition) is 5. The van der Waals surface area contributed by atoms with Gasteiger partial charge in [0.2, 0.25) is 0 Å². The molecular formula is C19H16F2N2O3S. The molecule has 0 radical (unpaired) electrons. The van der Waals surface area contributed by atoms with Crippen LogP contribution in [-0.4, -0.2) is 25.1 Å². The molecule has 0 saturated heterocycles. The summed E-state index contributed by atoms with van der Waals surface area (Å²) in [6, 6.07) is 8.25. The molecule has 8 heteroatoms. The van der Waals surface area contributed by atoms with Crippen LogP contribution in [0.15, 0.2) is 36.4 Å². The number of carbonyl (C=O) groups is 1. The van der Waals surface area contributed by atoms with Gasteiger partial charge in [-0.2, -0.15) is 0 Å². The summed E-state index contributed by atoms with van der Waals surface area (Å²) in [6.07, 6.45) is 0. The minimum atomic E-state index is -0.739. The fourth-order valence-electron chi connectivity index (χ4n) is 2.52. The van der Waals surface area contributed by atoms with Crippen LogP contribution in [0.3, 0.4) is 0 Å². The molecule has 5 nitrogen and oxygen atoms in total. The van der Waals surface area contributed by atoms with E-state index in [0.29, 0.717) is 10.8 Å². The van der Waals surface area contributed by atoms with Crippen molar-refractivity contribution < 1.29 is 23.0 Å². The number of benzene rings is 2. The van der Waals surface area contributed by atoms with Gasteiger partial charge in [-0.1, -0.05) is 0 Å². The highest BCUT2D eigenvalue weighted by atomic mass is 32.1. The van der Waals surface area contributed by atoms with Crippen molar-refractivity contribution in [2.45, 2.75) is 6.92 Å². The van der Waals surface area contributed by atoms with Gasteiger partial charge in [0.05, 0.1) is 25.5 Å². The van der Waals surface area contributed by atoms with Crippen LogP contribution in [0.25, 0.3) is 11.3 Å². The third-order valence-corrected chi connectivity index (χ3v) is 4.74. The summed E-state index contributed by atoms with van der Waals surface area (Å²) in [6.45, 7) is 1.84. The maximum Gasteiger partial charge on any atom is 0.260 e. The summed E-state index contributed by atoms with van der Waals surface area (Å²) in [4.78, 5) is 17.7. The van der Waals surface area contributed by atoms with E-state index in [4.69, 9.17) is 9.47 Å². The lowest BCUT2D eigenvalue weighted by Gasteiger charge is -2.10. The first-order chi connectivity index (χ1) is 12.9. The Bertz CT molecular complexity index is 987. The third kappa shape index (κ3) is 3.90. The number of aryl methyl sites for hydroxylation is 1. The SMILES string of the molecule is COc1cc(F)c(C(=O)Nc2nc(-c3ccc(F)cc3)c(C)s2)cc1OC. The predicted molar refractivity (Wildman–Crippen MR) is 99.7 cm³/mol. The molecule has 0 saturated carbocycles. The zero-order valence-electron chi connectivity index (χ0n) is 14.8. The number of methoxy groups -OCH3 is 2. The number of halogens is 2. The number of nitrogens with one attached hydrogen (secondary N) is 1. The molecule has 0 aliphatic carbocycles. The molecule has 0 aliphatic rings. The second-order valence-corrected chi connectivity index (χ2v) is 6.78. The average Bonchev–Trinajstić information content (AvgIpc) is 3.01. The summed E-state index contributed by atoms with van der Waals surface area (Å²) < 4.78 is 37.5. The Labute approximate surface area is 158 Å². The van der Waals surface area contributed by atoms with Crippen molar-refractivity contribution in [2.24, 2.45) is 0 Å². The summed E-state index contributed by atoms with van der Waals surface area (Å²) in [5.74, 6) is -1.31. The first-order valence-corrected chi connectivity index (χ1v) is 8.70. The number of aromatic nitrogens is 1. The Hall–Kier alpha value is -3.00. The highest BCUT2D eigenvalue weighted by molar-refractivity contribution is 7.16. The highest BCUT2D eigenvalue weighted by Gasteiger charge is 2.19. The average molecular weight is 390 g/mol. The second kappa shape index (κ2) is 7.71. The van der Waals surface area contributed by atoms with E-state index in [1.165, 1.54) is 43.8 Å². The van der Waals surface area contributed by atoms with Crippen LogP contribution in [0.2, 0.25) is 0 Å². The van der Waals surface area contributed by atoms with Crippen molar-refractivity contribution in [3.63, 3.8) is 0 Å². The molecule has 140 valence electrons. The van der Waals surface area contributed by atoms with Gasteiger partial charge in [-0.15, -0.1) is 11.3 Å². The summed E-state index contributed by atoms with van der Waals surface area (Å²) in [5, 5.41) is 2.90. The lowest BCUT2D eigenvalue weighted by atomic mass is 10.1. The fourth-order valence-corrected chi connectivity index (χ4v) is 3.35. The first kappa shape index (κ1) is 18.8. The lowest BCUT2D eigenvalue weighted by molar-refractivity contribution is 0.102. The van der Waals surface area contributed by atoms with E-state index in [0.717, 1.165) is 16.5 Å². The number of anilines is 1. The van der Waals surface area contributed by atoms with Gasteiger partial charge in [0.1, 0.15) is 11.6 Å². The van der Waals surface area contributed by atoms with Gasteiger partial charge in [0, 0.05) is 16.5 Å². The van der Waals surface area contributed by atoms with Crippen LogP contribution in [0.1, 0.15) is 15.2 Å². The van der Waals surface area contributed by atoms with Crippen molar-refractivity contribution in [1.82, 2.24) is 4.98 Å². The smallest absolute Gasteiger partial charge is 0.260 e. The number of rotatable bonds is 5. The van der Waals surface area contributed by atoms with Crippen LogP contribution in [0, 0.1) is 18.6 Å². The topological polar surface area (TPSA) is 60.5 Å². The van der Waals surface area contributed by atoms with E-state index in [1.807, 2.05) is 6.92 Å². The molecule has 1 amide bonds. The van der Waals surface area contributed by atoms with Gasteiger partial charge in [0.25, 0.3) is 5.91 Å². The largest absolute Gasteiger partial charge is 0.493 e. The van der Waals surface area contributed by atoms with E-state index in [2.05, 4.69) is 10.3 Å². The van der Waals surface area contributed by atoms with Crippen molar-refractivity contribution in [1.29, 1.82) is 0 Å². The van der Waals surface area contributed by atoms with Crippen molar-refractivity contribution in [3.05, 3.63) is 58.5 Å². The Morgan fingerprint density at radius 3 is 2.33 bits per heavy atom. The number of carbonyl (C=O) groups excluding carboxylic acids is 1. The van der Waals surface area contributed by atoms with E-state index in [1.54, 1.807) is 12.1 Å². The Morgan fingerprint density at radius 1 is 1.07 bits per heavy atom. The zero-order chi connectivity index (χ0) is 19.6. The van der Waals surface area contributed by atoms with Crippen LogP contribution < -0.4 is 14.8 Å². The fraction of sp³-hybridized carbons (Fsp3) is 0.158. The maximum absolute atomic E-state index is 14.2. The molecule has 0 fully saturated rings. The summed E-state index contributed by atoms with van der Waals surface area (Å²) >= 11 is 1.24. The summed E-state index contributed by atoms with van der Waals surface area (Å²) in [5.41, 5.74) is 1.16. The molecule has 1 N–H and O–H groups in total. The monoisotopic (exact) mass is 390 g/mol. The normalized spacial score (nSPS) is 10.6. The van der Waals surface area contributed by atoms with Gasteiger partial charge < -0.3 is 9.47 Å². The van der Waals surface area contributed by atoms with Crippen LogP contribution >= 0.6 is 11.3 Å². The minimum Gasteiger partial charge on any atom is -0.493 e. The molecule has 27 heavy (non-hydrogen) atoms. The van der Waals surface area contributed by atoms with Crippen LogP contribution in [0.5, 0.6) is 11.5 Å². The van der Waals surface area contributed by atoms with Crippen molar-refractivity contribution >= 4 is 22.4 Å². The Kier molecular flexibility index (Phi) is 5.36. The second-order valence-electron chi connectivity index (χ2n) is 5.57. The number of thiazole rings is 1. The minimum absolute atomic E-state index is 0.190. The number of ether oxygens (including phenoxy) is 2. The van der Waals surface area contributed by atoms with E-state index in [-0.39, 0.29) is 22.9 Å². The molecule has 3 rings (SSSR count). The van der Waals surface area contributed by atoms with E-state index < -0.39 is 11.7 Å². The highest BCUT2D eigenvalue weighted by Crippen LogP contribution is 2.32. The van der Waals surface area contributed by atoms with Crippen LogP contribution in [-0.2, 0) is 0 Å². The van der Waals surface area contributed by atoms with Crippen LogP contribution in [0.4, 0.5) is 13.9 Å². The molecule has 0 aliphatic heterocycles. The predicted octanol–water partition coefficient (Wildman–Crippen LogP) is 4.67. The Balaban J connectivity index is 1.87. The number of nitrogens with zero attached hydrogens (tertiary/aromatic N) is 1. The van der Waals surface area contributed by atoms with Gasteiger partial charge >= 0.3 is 0 Å². The van der Waals surface area contributed by atoms with E-state index >= 15 is 0 Å². The molecule has 1 heterocycles. The van der Waals surface area contributed by atoms with Gasteiger partial charge in [-0.05, 0) is 37.3 Å². The molecule has 0 atom stereocenters. The quantitative estimate of drug-likeness (QED) is 0.688. The van der Waals surface area contributed by atoms with Gasteiger partial charge in [0.15, 0.2) is 16.6 Å². The maximum atomic E-state index is 14.2. The molecule has 0 bridgehead atoms. The molecular weight excluding hydrogens is 374 g/mol. The zero-order valence-corrected chi connectivity index (χ0v) is 15.6. The first-order valence-electron chi connectivity index (χ1n) is 7.89. The lowest BCUT2D eigenvalue weighted by Crippen LogP contribution is -2.14. The molecule has 0 spiro atoms. The van der Waals surface area contributed by atoms with Gasteiger partial charge in [-0.3, -0.25) is 10.1 Å². The summed E-state index contributed by atoms with van der Waals surface area (Å²) in [7, 11) is 2.78. The van der Waals surface area contributed by atoms with Gasteiger partial charge in [-0.25, -0.2) is 13.8 Å². The van der Waals surface area contributed by atoms with E-state index in [9.17, 15) is 13.6 Å². The molecule has 0 unspecified atom stereocenters. The number of hydrogen-bond donors (Lipinski definition) is 1. The molecule has 1 aromatic heterocycles. The van der Waals surface area contributed by atoms with Crippen molar-refractivity contribution in [3.8, 4) is 22.8 Å². The standard InChI is InChI=1S/C19H16F2N2O3S/c1-10-17(11-4-6-12(20)7-5-11)22-19(27-10)23-18(24)13-8-15(25-2)16(26-3)9-14(13)21/h4-9H,1-3H3,(H,22,23,24). The molecule has 2 aromatic carbocycles. The Morgan fingerprint density at radius 2 is 1.70 bits per heavy atom. The number of amides is 1.